The van der Waals surface area contributed by atoms with Gasteiger partial charge in [0.05, 0.1) is 5.02 Å². The molecule has 76 valence electrons. The van der Waals surface area contributed by atoms with E-state index in [1.807, 2.05) is 0 Å². The molecular weight excluding hydrogens is 333 g/mol. The van der Waals surface area contributed by atoms with E-state index in [1.54, 1.807) is 18.2 Å². The lowest BCUT2D eigenvalue weighted by Crippen LogP contribution is -2.11. The fourth-order valence-corrected chi connectivity index (χ4v) is 1.67. The van der Waals surface area contributed by atoms with Gasteiger partial charge in [-0.25, -0.2) is 0 Å². The second-order valence-corrected chi connectivity index (χ2v) is 4.67. The Bertz CT molecular complexity index is 344. The highest BCUT2D eigenvalue weighted by atomic mass is 79.9. The average molecular weight is 341 g/mol. The molecule has 0 aliphatic carbocycles. The zero-order valence-corrected chi connectivity index (χ0v) is 11.1. The van der Waals surface area contributed by atoms with Crippen molar-refractivity contribution in [2.45, 2.75) is 6.42 Å². The molecule has 1 N–H and O–H groups in total. The summed E-state index contributed by atoms with van der Waals surface area (Å²) in [5, 5.41) is 3.98. The molecule has 0 atom stereocenters. The molecule has 0 radical (unpaired) electrons. The van der Waals surface area contributed by atoms with Gasteiger partial charge in [0, 0.05) is 21.9 Å². The van der Waals surface area contributed by atoms with E-state index in [0.29, 0.717) is 22.5 Å². The van der Waals surface area contributed by atoms with Gasteiger partial charge >= 0.3 is 0 Å². The molecule has 0 unspecified atom stereocenters. The SMILES string of the molecule is O=C(CCBr)Nc1ccc(Br)c(Cl)c1. The van der Waals surface area contributed by atoms with Gasteiger partial charge in [-0.2, -0.15) is 0 Å². The van der Waals surface area contributed by atoms with Gasteiger partial charge in [-0.3, -0.25) is 4.79 Å². The number of hydrogen-bond acceptors (Lipinski definition) is 1. The molecule has 0 saturated heterocycles. The summed E-state index contributed by atoms with van der Waals surface area (Å²) in [7, 11) is 0. The minimum atomic E-state index is -0.0275. The predicted octanol–water partition coefficient (Wildman–Crippen LogP) is 3.83. The minimum Gasteiger partial charge on any atom is -0.326 e. The van der Waals surface area contributed by atoms with Crippen molar-refractivity contribution in [2.75, 3.05) is 10.6 Å². The highest BCUT2D eigenvalue weighted by Gasteiger charge is 2.03. The van der Waals surface area contributed by atoms with Crippen LogP contribution in [0.2, 0.25) is 5.02 Å². The Labute approximate surface area is 104 Å². The van der Waals surface area contributed by atoms with E-state index in [9.17, 15) is 4.79 Å². The lowest BCUT2D eigenvalue weighted by molar-refractivity contribution is -0.115. The maximum absolute atomic E-state index is 11.2. The number of nitrogens with one attached hydrogen (secondary N) is 1. The van der Waals surface area contributed by atoms with Crippen molar-refractivity contribution >= 4 is 55.1 Å². The fourth-order valence-electron chi connectivity index (χ4n) is 0.883. The molecule has 0 aromatic heterocycles. The standard InChI is InChI=1S/C9H8Br2ClNO/c10-4-3-9(14)13-6-1-2-7(11)8(12)5-6/h1-2,5H,3-4H2,(H,13,14). The first-order chi connectivity index (χ1) is 6.63. The number of hydrogen-bond donors (Lipinski definition) is 1. The summed E-state index contributed by atoms with van der Waals surface area (Å²) in [5.74, 6) is -0.0275. The lowest BCUT2D eigenvalue weighted by Gasteiger charge is -2.04. The minimum absolute atomic E-state index is 0.0275. The van der Waals surface area contributed by atoms with Crippen LogP contribution in [0.4, 0.5) is 5.69 Å². The molecule has 0 heterocycles. The van der Waals surface area contributed by atoms with E-state index in [1.165, 1.54) is 0 Å². The normalized spacial score (nSPS) is 9.93. The van der Waals surface area contributed by atoms with Crippen molar-refractivity contribution in [3.05, 3.63) is 27.7 Å². The summed E-state index contributed by atoms with van der Waals surface area (Å²) in [6.07, 6.45) is 0.452. The van der Waals surface area contributed by atoms with Crippen LogP contribution in [0.1, 0.15) is 6.42 Å². The molecule has 1 aromatic rings. The Kier molecular flexibility index (Phi) is 4.92. The highest BCUT2D eigenvalue weighted by molar-refractivity contribution is 9.10. The largest absolute Gasteiger partial charge is 0.326 e. The number of carbonyl (C=O) groups is 1. The molecular formula is C9H8Br2ClNO. The third kappa shape index (κ3) is 3.59. The molecule has 0 spiro atoms. The zero-order chi connectivity index (χ0) is 10.6. The molecule has 0 saturated carbocycles. The molecule has 1 aromatic carbocycles. The van der Waals surface area contributed by atoms with Crippen LogP contribution in [0.25, 0.3) is 0 Å². The summed E-state index contributed by atoms with van der Waals surface area (Å²) < 4.78 is 0.817. The first kappa shape index (κ1) is 12.0. The Hall–Kier alpha value is -0.0600. The van der Waals surface area contributed by atoms with Crippen LogP contribution in [0.15, 0.2) is 22.7 Å². The first-order valence-electron chi connectivity index (χ1n) is 3.94. The Morgan fingerprint density at radius 3 is 2.79 bits per heavy atom. The van der Waals surface area contributed by atoms with Crippen molar-refractivity contribution in [2.24, 2.45) is 0 Å². The number of rotatable bonds is 3. The molecule has 1 rings (SSSR count). The zero-order valence-electron chi connectivity index (χ0n) is 7.19. The smallest absolute Gasteiger partial charge is 0.225 e. The summed E-state index contributed by atoms with van der Waals surface area (Å²) in [4.78, 5) is 11.2. The third-order valence-corrected chi connectivity index (χ3v) is 3.15. The van der Waals surface area contributed by atoms with Crippen molar-refractivity contribution < 1.29 is 4.79 Å². The van der Waals surface area contributed by atoms with Crippen LogP contribution >= 0.6 is 43.5 Å². The van der Waals surface area contributed by atoms with Crippen molar-refractivity contribution in [3.63, 3.8) is 0 Å². The van der Waals surface area contributed by atoms with E-state index in [0.717, 1.165) is 4.47 Å². The van der Waals surface area contributed by atoms with E-state index in [2.05, 4.69) is 37.2 Å². The van der Waals surface area contributed by atoms with E-state index in [-0.39, 0.29) is 5.91 Å². The molecule has 2 nitrogen and oxygen atoms in total. The molecule has 0 aliphatic rings. The monoisotopic (exact) mass is 339 g/mol. The van der Waals surface area contributed by atoms with Gasteiger partial charge < -0.3 is 5.32 Å². The summed E-state index contributed by atoms with van der Waals surface area (Å²) in [6.45, 7) is 0. The first-order valence-corrected chi connectivity index (χ1v) is 6.23. The maximum atomic E-state index is 11.2. The maximum Gasteiger partial charge on any atom is 0.225 e. The Morgan fingerprint density at radius 1 is 1.50 bits per heavy atom. The molecule has 14 heavy (non-hydrogen) atoms. The second kappa shape index (κ2) is 5.73. The van der Waals surface area contributed by atoms with Gasteiger partial charge in [0.15, 0.2) is 0 Å². The predicted molar refractivity (Wildman–Crippen MR) is 66.2 cm³/mol. The summed E-state index contributed by atoms with van der Waals surface area (Å²) in [5.41, 5.74) is 0.712. The van der Waals surface area contributed by atoms with Gasteiger partial charge in [-0.05, 0) is 34.1 Å². The lowest BCUT2D eigenvalue weighted by atomic mass is 10.3. The number of alkyl halides is 1. The number of benzene rings is 1. The molecule has 0 aliphatic heterocycles. The van der Waals surface area contributed by atoms with Crippen LogP contribution in [-0.2, 0) is 4.79 Å². The fraction of sp³-hybridized carbons (Fsp3) is 0.222. The van der Waals surface area contributed by atoms with Crippen LogP contribution in [0.3, 0.4) is 0 Å². The van der Waals surface area contributed by atoms with Crippen LogP contribution in [-0.4, -0.2) is 11.2 Å². The van der Waals surface area contributed by atoms with Crippen LogP contribution in [0, 0.1) is 0 Å². The van der Waals surface area contributed by atoms with Gasteiger partial charge in [0.2, 0.25) is 5.91 Å². The van der Waals surface area contributed by atoms with E-state index in [4.69, 9.17) is 11.6 Å². The Balaban J connectivity index is 2.68. The number of carbonyl (C=O) groups excluding carboxylic acids is 1. The number of amides is 1. The van der Waals surface area contributed by atoms with Crippen molar-refractivity contribution in [1.29, 1.82) is 0 Å². The third-order valence-electron chi connectivity index (χ3n) is 1.52. The van der Waals surface area contributed by atoms with Gasteiger partial charge in [0.1, 0.15) is 0 Å². The van der Waals surface area contributed by atoms with Gasteiger partial charge in [-0.1, -0.05) is 27.5 Å². The highest BCUT2D eigenvalue weighted by Crippen LogP contribution is 2.25. The van der Waals surface area contributed by atoms with Gasteiger partial charge in [0.25, 0.3) is 0 Å². The second-order valence-electron chi connectivity index (χ2n) is 2.62. The molecule has 0 fully saturated rings. The van der Waals surface area contributed by atoms with Crippen molar-refractivity contribution in [3.8, 4) is 0 Å². The summed E-state index contributed by atoms with van der Waals surface area (Å²) >= 11 is 12.3. The quantitative estimate of drug-likeness (QED) is 0.832. The average Bonchev–Trinajstić information content (AvgIpc) is 2.12. The molecule has 0 bridgehead atoms. The van der Waals surface area contributed by atoms with Crippen LogP contribution < -0.4 is 5.32 Å². The topological polar surface area (TPSA) is 29.1 Å². The Morgan fingerprint density at radius 2 is 2.21 bits per heavy atom. The molecule has 1 amide bonds. The van der Waals surface area contributed by atoms with Crippen molar-refractivity contribution in [1.82, 2.24) is 0 Å². The van der Waals surface area contributed by atoms with E-state index >= 15 is 0 Å². The van der Waals surface area contributed by atoms with Gasteiger partial charge in [-0.15, -0.1) is 0 Å². The van der Waals surface area contributed by atoms with Crippen LogP contribution in [0.5, 0.6) is 0 Å². The molecule has 5 heteroatoms. The number of halogens is 3. The number of anilines is 1. The summed E-state index contributed by atoms with van der Waals surface area (Å²) in [6, 6.07) is 5.30. The van der Waals surface area contributed by atoms with E-state index < -0.39 is 0 Å².